The van der Waals surface area contributed by atoms with Gasteiger partial charge in [0, 0.05) is 5.75 Å². The van der Waals surface area contributed by atoms with E-state index in [4.69, 9.17) is 5.73 Å². The first-order valence-corrected chi connectivity index (χ1v) is 6.01. The smallest absolute Gasteiger partial charge is 0.155 e. The SMILES string of the molecule is CCC(C)[C@@H](N)C1=N[C@H](C(C)=O)CS1. The minimum absolute atomic E-state index is 0.00866. The summed E-state index contributed by atoms with van der Waals surface area (Å²) < 4.78 is 0. The van der Waals surface area contributed by atoms with Crippen LogP contribution in [0.5, 0.6) is 0 Å². The first-order valence-electron chi connectivity index (χ1n) is 5.02. The monoisotopic (exact) mass is 214 g/mol. The molecule has 1 aliphatic heterocycles. The van der Waals surface area contributed by atoms with Crippen LogP contribution >= 0.6 is 11.8 Å². The van der Waals surface area contributed by atoms with Gasteiger partial charge in [-0.2, -0.15) is 0 Å². The van der Waals surface area contributed by atoms with E-state index in [1.807, 2.05) is 0 Å². The van der Waals surface area contributed by atoms with Gasteiger partial charge in [-0.1, -0.05) is 20.3 Å². The third-order valence-corrected chi connectivity index (χ3v) is 3.84. The van der Waals surface area contributed by atoms with Gasteiger partial charge in [0.05, 0.1) is 11.1 Å². The predicted molar refractivity (Wildman–Crippen MR) is 61.8 cm³/mol. The van der Waals surface area contributed by atoms with Crippen molar-refractivity contribution in [2.24, 2.45) is 16.6 Å². The first kappa shape index (κ1) is 11.7. The summed E-state index contributed by atoms with van der Waals surface area (Å²) in [5, 5.41) is 0.958. The number of nitrogens with zero attached hydrogens (tertiary/aromatic N) is 1. The van der Waals surface area contributed by atoms with Crippen molar-refractivity contribution < 1.29 is 4.79 Å². The fourth-order valence-corrected chi connectivity index (χ4v) is 2.54. The average molecular weight is 214 g/mol. The van der Waals surface area contributed by atoms with Crippen molar-refractivity contribution in [3.63, 3.8) is 0 Å². The summed E-state index contributed by atoms with van der Waals surface area (Å²) in [5.74, 6) is 1.35. The Morgan fingerprint density at radius 2 is 2.43 bits per heavy atom. The molecule has 14 heavy (non-hydrogen) atoms. The summed E-state index contributed by atoms with van der Waals surface area (Å²) in [6.07, 6.45) is 1.05. The maximum atomic E-state index is 11.1. The zero-order valence-corrected chi connectivity index (χ0v) is 9.80. The number of nitrogens with two attached hydrogens (primary N) is 1. The summed E-state index contributed by atoms with van der Waals surface area (Å²) in [6, 6.07) is -0.139. The summed E-state index contributed by atoms with van der Waals surface area (Å²) in [4.78, 5) is 15.5. The first-order chi connectivity index (χ1) is 6.56. The lowest BCUT2D eigenvalue weighted by molar-refractivity contribution is -0.117. The van der Waals surface area contributed by atoms with Gasteiger partial charge in [-0.15, -0.1) is 11.8 Å². The summed E-state index contributed by atoms with van der Waals surface area (Å²) in [5.41, 5.74) is 6.03. The number of carbonyl (C=O) groups excluding carboxylic acids is 1. The molecule has 1 unspecified atom stereocenters. The molecule has 4 heteroatoms. The van der Waals surface area contributed by atoms with Crippen LogP contribution in [-0.2, 0) is 4.79 Å². The number of aliphatic imine (C=N–C) groups is 1. The van der Waals surface area contributed by atoms with Crippen molar-refractivity contribution in [2.75, 3.05) is 5.75 Å². The normalized spacial score (nSPS) is 25.7. The van der Waals surface area contributed by atoms with E-state index < -0.39 is 0 Å². The van der Waals surface area contributed by atoms with E-state index >= 15 is 0 Å². The van der Waals surface area contributed by atoms with Crippen molar-refractivity contribution in [1.29, 1.82) is 0 Å². The Hall–Kier alpha value is -0.350. The molecule has 0 radical (unpaired) electrons. The minimum Gasteiger partial charge on any atom is -0.322 e. The van der Waals surface area contributed by atoms with Crippen molar-refractivity contribution in [3.8, 4) is 0 Å². The predicted octanol–water partition coefficient (Wildman–Crippen LogP) is 1.46. The molecular formula is C10H18N2OS. The molecule has 0 aromatic heterocycles. The maximum absolute atomic E-state index is 11.1. The second-order valence-corrected chi connectivity index (χ2v) is 4.86. The molecule has 3 atom stereocenters. The van der Waals surface area contributed by atoms with Crippen molar-refractivity contribution in [2.45, 2.75) is 39.3 Å². The Kier molecular flexibility index (Phi) is 4.13. The lowest BCUT2D eigenvalue weighted by Gasteiger charge is -2.17. The van der Waals surface area contributed by atoms with E-state index in [0.29, 0.717) is 5.92 Å². The molecule has 0 aromatic carbocycles. The zero-order chi connectivity index (χ0) is 10.7. The Labute approximate surface area is 89.5 Å². The van der Waals surface area contributed by atoms with Gasteiger partial charge in [-0.05, 0) is 12.8 Å². The molecule has 1 aliphatic rings. The molecule has 2 N–H and O–H groups in total. The van der Waals surface area contributed by atoms with E-state index in [-0.39, 0.29) is 17.9 Å². The number of hydrogen-bond acceptors (Lipinski definition) is 4. The van der Waals surface area contributed by atoms with Crippen molar-refractivity contribution >= 4 is 22.6 Å². The molecule has 80 valence electrons. The Morgan fingerprint density at radius 1 is 1.79 bits per heavy atom. The minimum atomic E-state index is -0.148. The van der Waals surface area contributed by atoms with Gasteiger partial charge in [0.25, 0.3) is 0 Å². The highest BCUT2D eigenvalue weighted by atomic mass is 32.2. The van der Waals surface area contributed by atoms with E-state index in [2.05, 4.69) is 18.8 Å². The summed E-state index contributed by atoms with van der Waals surface area (Å²) in [7, 11) is 0. The lowest BCUT2D eigenvalue weighted by atomic mass is 10.0. The highest BCUT2D eigenvalue weighted by molar-refractivity contribution is 8.14. The van der Waals surface area contributed by atoms with Gasteiger partial charge in [0.15, 0.2) is 5.78 Å². The Balaban J connectivity index is 2.62. The lowest BCUT2D eigenvalue weighted by Crippen LogP contribution is -2.34. The number of ketones is 1. The van der Waals surface area contributed by atoms with Crippen LogP contribution in [0.15, 0.2) is 4.99 Å². The van der Waals surface area contributed by atoms with E-state index in [9.17, 15) is 4.79 Å². The van der Waals surface area contributed by atoms with E-state index in [1.54, 1.807) is 18.7 Å². The summed E-state index contributed by atoms with van der Waals surface area (Å²) >= 11 is 1.63. The molecule has 3 nitrogen and oxygen atoms in total. The molecule has 0 saturated carbocycles. The molecule has 1 rings (SSSR count). The summed E-state index contributed by atoms with van der Waals surface area (Å²) in [6.45, 7) is 5.83. The second-order valence-electron chi connectivity index (χ2n) is 3.82. The van der Waals surface area contributed by atoms with Crippen LogP contribution in [0.3, 0.4) is 0 Å². The maximum Gasteiger partial charge on any atom is 0.155 e. The van der Waals surface area contributed by atoms with E-state index in [1.165, 1.54) is 0 Å². The van der Waals surface area contributed by atoms with Gasteiger partial charge >= 0.3 is 0 Å². The molecule has 0 aliphatic carbocycles. The average Bonchev–Trinajstić information content (AvgIpc) is 2.64. The number of carbonyl (C=O) groups is 1. The zero-order valence-electron chi connectivity index (χ0n) is 8.99. The van der Waals surface area contributed by atoms with Gasteiger partial charge in [-0.25, -0.2) is 0 Å². The molecule has 0 bridgehead atoms. The van der Waals surface area contributed by atoms with Gasteiger partial charge in [0.2, 0.25) is 0 Å². The van der Waals surface area contributed by atoms with Gasteiger partial charge in [-0.3, -0.25) is 9.79 Å². The largest absolute Gasteiger partial charge is 0.322 e. The molecule has 1 heterocycles. The molecular weight excluding hydrogens is 196 g/mol. The van der Waals surface area contributed by atoms with Crippen LogP contribution in [0, 0.1) is 5.92 Å². The molecule has 0 saturated heterocycles. The Morgan fingerprint density at radius 3 is 2.86 bits per heavy atom. The van der Waals surface area contributed by atoms with Crippen LogP contribution in [-0.4, -0.2) is 28.7 Å². The van der Waals surface area contributed by atoms with Crippen molar-refractivity contribution in [1.82, 2.24) is 0 Å². The topological polar surface area (TPSA) is 55.4 Å². The van der Waals surface area contributed by atoms with Crippen LogP contribution in [0.4, 0.5) is 0 Å². The third-order valence-electron chi connectivity index (χ3n) is 2.68. The molecule has 0 spiro atoms. The highest BCUT2D eigenvalue weighted by Gasteiger charge is 2.27. The quantitative estimate of drug-likeness (QED) is 0.771. The van der Waals surface area contributed by atoms with Crippen molar-refractivity contribution in [3.05, 3.63) is 0 Å². The molecule has 0 aromatic rings. The number of rotatable bonds is 4. The fraction of sp³-hybridized carbons (Fsp3) is 0.800. The van der Waals surface area contributed by atoms with Crippen LogP contribution in [0.2, 0.25) is 0 Å². The standard InChI is InChI=1S/C10H18N2OS/c1-4-6(2)9(11)10-12-8(5-14-10)7(3)13/h6,8-9H,4-5,11H2,1-3H3/t6?,8-,9+/m0/s1. The van der Waals surface area contributed by atoms with Crippen LogP contribution < -0.4 is 5.73 Å². The second kappa shape index (κ2) is 4.94. The van der Waals surface area contributed by atoms with Gasteiger partial charge < -0.3 is 5.73 Å². The highest BCUT2D eigenvalue weighted by Crippen LogP contribution is 2.23. The fourth-order valence-electron chi connectivity index (χ4n) is 1.28. The number of thioether (sulfide) groups is 1. The van der Waals surface area contributed by atoms with Gasteiger partial charge in [0.1, 0.15) is 6.04 Å². The van der Waals surface area contributed by atoms with E-state index in [0.717, 1.165) is 17.2 Å². The molecule has 0 amide bonds. The number of hydrogen-bond donors (Lipinski definition) is 1. The third kappa shape index (κ3) is 2.58. The molecule has 0 fully saturated rings. The van der Waals surface area contributed by atoms with Crippen LogP contribution in [0.25, 0.3) is 0 Å². The number of Topliss-reactive ketones (excluding diaryl/α,β-unsaturated/α-hetero) is 1. The Bertz CT molecular complexity index is 253. The van der Waals surface area contributed by atoms with Crippen LogP contribution in [0.1, 0.15) is 27.2 Å².